The van der Waals surface area contributed by atoms with Gasteiger partial charge in [0, 0.05) is 32.1 Å². The van der Waals surface area contributed by atoms with Crippen LogP contribution in [0.5, 0.6) is 0 Å². The molecule has 9 heteroatoms. The Morgan fingerprint density at radius 3 is 2.45 bits per heavy atom. The fraction of sp³-hybridized carbons (Fsp3) is 0.462. The molecule has 0 atom stereocenters. The molecule has 0 radical (unpaired) electrons. The van der Waals surface area contributed by atoms with Gasteiger partial charge in [-0.25, -0.2) is 8.42 Å². The molecule has 22 heavy (non-hydrogen) atoms. The van der Waals surface area contributed by atoms with Crippen molar-refractivity contribution in [1.29, 1.82) is 0 Å². The number of nitro groups is 1. The first-order valence-electron chi connectivity index (χ1n) is 6.83. The molecule has 1 heterocycles. The van der Waals surface area contributed by atoms with E-state index in [1.165, 1.54) is 35.5 Å². The lowest BCUT2D eigenvalue weighted by Gasteiger charge is -2.31. The Balaban J connectivity index is 2.19. The maximum absolute atomic E-state index is 12.6. The number of amides is 1. The highest BCUT2D eigenvalue weighted by Crippen LogP contribution is 2.28. The summed E-state index contributed by atoms with van der Waals surface area (Å²) >= 11 is 0. The van der Waals surface area contributed by atoms with Crippen LogP contribution in [0.4, 0.5) is 5.69 Å². The molecule has 120 valence electrons. The zero-order valence-electron chi connectivity index (χ0n) is 12.1. The minimum absolute atomic E-state index is 0.0605. The molecule has 8 nitrogen and oxygen atoms in total. The van der Waals surface area contributed by atoms with E-state index in [-0.39, 0.29) is 29.9 Å². The van der Waals surface area contributed by atoms with E-state index in [0.717, 1.165) is 0 Å². The molecule has 0 saturated carbocycles. The third-order valence-corrected chi connectivity index (χ3v) is 5.49. The van der Waals surface area contributed by atoms with Gasteiger partial charge in [0.1, 0.15) is 0 Å². The van der Waals surface area contributed by atoms with Crippen LogP contribution in [-0.2, 0) is 14.8 Å². The van der Waals surface area contributed by atoms with Crippen molar-refractivity contribution in [3.8, 4) is 0 Å². The number of rotatable bonds is 4. The Morgan fingerprint density at radius 2 is 1.91 bits per heavy atom. The van der Waals surface area contributed by atoms with E-state index in [9.17, 15) is 23.3 Å². The fourth-order valence-electron chi connectivity index (χ4n) is 2.49. The van der Waals surface area contributed by atoms with Gasteiger partial charge in [0.05, 0.1) is 4.92 Å². The number of hydrogen-bond donors (Lipinski definition) is 1. The molecule has 0 aliphatic carbocycles. The first-order chi connectivity index (χ1) is 10.3. The second kappa shape index (κ2) is 6.41. The van der Waals surface area contributed by atoms with Crippen molar-refractivity contribution < 1.29 is 18.1 Å². The molecular formula is C13H17N3O5S. The average Bonchev–Trinajstić information content (AvgIpc) is 2.47. The van der Waals surface area contributed by atoms with Gasteiger partial charge < -0.3 is 5.32 Å². The second-order valence-corrected chi connectivity index (χ2v) is 7.01. The minimum atomic E-state index is -3.91. The van der Waals surface area contributed by atoms with Crippen LogP contribution in [0, 0.1) is 10.1 Å². The Morgan fingerprint density at radius 1 is 1.32 bits per heavy atom. The predicted molar refractivity (Wildman–Crippen MR) is 78.7 cm³/mol. The van der Waals surface area contributed by atoms with Gasteiger partial charge >= 0.3 is 0 Å². The molecule has 1 aliphatic rings. The van der Waals surface area contributed by atoms with Gasteiger partial charge in [0.15, 0.2) is 4.90 Å². The molecule has 2 rings (SSSR count). The summed E-state index contributed by atoms with van der Waals surface area (Å²) in [6, 6.07) is 5.25. The Hall–Kier alpha value is -2.00. The van der Waals surface area contributed by atoms with E-state index in [1.807, 2.05) is 0 Å². The van der Waals surface area contributed by atoms with Gasteiger partial charge in [-0.1, -0.05) is 12.1 Å². The maximum atomic E-state index is 12.6. The molecule has 1 amide bonds. The van der Waals surface area contributed by atoms with Crippen molar-refractivity contribution in [3.63, 3.8) is 0 Å². The van der Waals surface area contributed by atoms with Crippen molar-refractivity contribution in [3.05, 3.63) is 34.4 Å². The van der Waals surface area contributed by atoms with Crippen molar-refractivity contribution in [2.45, 2.75) is 30.7 Å². The van der Waals surface area contributed by atoms with Crippen LogP contribution in [0.15, 0.2) is 29.2 Å². The number of nitrogens with zero attached hydrogens (tertiary/aromatic N) is 2. The number of hydrogen-bond acceptors (Lipinski definition) is 5. The van der Waals surface area contributed by atoms with E-state index in [4.69, 9.17) is 0 Å². The monoisotopic (exact) mass is 327 g/mol. The van der Waals surface area contributed by atoms with E-state index in [1.54, 1.807) is 0 Å². The molecular weight excluding hydrogens is 310 g/mol. The van der Waals surface area contributed by atoms with Gasteiger partial charge in [-0.2, -0.15) is 4.31 Å². The van der Waals surface area contributed by atoms with E-state index in [2.05, 4.69) is 5.32 Å². The minimum Gasteiger partial charge on any atom is -0.354 e. The van der Waals surface area contributed by atoms with Gasteiger partial charge in [-0.15, -0.1) is 0 Å². The van der Waals surface area contributed by atoms with E-state index >= 15 is 0 Å². The molecule has 1 fully saturated rings. The van der Waals surface area contributed by atoms with Crippen molar-refractivity contribution in [1.82, 2.24) is 9.62 Å². The molecule has 1 aromatic rings. The SMILES string of the molecule is CC(=O)NC1CCN(S(=O)(=O)c2ccccc2[N+](=O)[O-])CC1. The lowest BCUT2D eigenvalue weighted by Crippen LogP contribution is -2.46. The number of carbonyl (C=O) groups excluding carboxylic acids is 1. The number of piperidine rings is 1. The van der Waals surface area contributed by atoms with Crippen LogP contribution in [0.2, 0.25) is 0 Å². The molecule has 1 saturated heterocycles. The third kappa shape index (κ3) is 3.42. The lowest BCUT2D eigenvalue weighted by molar-refractivity contribution is -0.387. The van der Waals surface area contributed by atoms with Crippen molar-refractivity contribution >= 4 is 21.6 Å². The molecule has 0 aromatic heterocycles. The van der Waals surface area contributed by atoms with Crippen LogP contribution in [-0.4, -0.2) is 42.7 Å². The van der Waals surface area contributed by atoms with Gasteiger partial charge in [0.2, 0.25) is 15.9 Å². The number of benzene rings is 1. The standard InChI is InChI=1S/C13H17N3O5S/c1-10(17)14-11-6-8-15(9-7-11)22(20,21)13-5-3-2-4-12(13)16(18)19/h2-5,11H,6-9H2,1H3,(H,14,17). The summed E-state index contributed by atoms with van der Waals surface area (Å²) in [5, 5.41) is 13.8. The smallest absolute Gasteiger partial charge is 0.289 e. The van der Waals surface area contributed by atoms with Gasteiger partial charge in [0.25, 0.3) is 5.69 Å². The molecule has 1 N–H and O–H groups in total. The molecule has 0 unspecified atom stereocenters. The van der Waals surface area contributed by atoms with Crippen LogP contribution >= 0.6 is 0 Å². The van der Waals surface area contributed by atoms with Crippen LogP contribution in [0.3, 0.4) is 0 Å². The van der Waals surface area contributed by atoms with E-state index < -0.39 is 20.6 Å². The zero-order chi connectivity index (χ0) is 16.3. The number of nitro benzene ring substituents is 1. The summed E-state index contributed by atoms with van der Waals surface area (Å²) in [5.41, 5.74) is -0.425. The quantitative estimate of drug-likeness (QED) is 0.652. The normalized spacial score (nSPS) is 17.1. The molecule has 0 bridgehead atoms. The summed E-state index contributed by atoms with van der Waals surface area (Å²) in [4.78, 5) is 21.0. The topological polar surface area (TPSA) is 110 Å². The number of carbonyl (C=O) groups is 1. The van der Waals surface area contributed by atoms with Crippen molar-refractivity contribution in [2.75, 3.05) is 13.1 Å². The molecule has 1 aromatic carbocycles. The summed E-state index contributed by atoms with van der Waals surface area (Å²) < 4.78 is 26.4. The molecule has 1 aliphatic heterocycles. The highest BCUT2D eigenvalue weighted by atomic mass is 32.2. The van der Waals surface area contributed by atoms with Crippen LogP contribution in [0.1, 0.15) is 19.8 Å². The Bertz CT molecular complexity index is 681. The lowest BCUT2D eigenvalue weighted by atomic mass is 10.1. The van der Waals surface area contributed by atoms with Gasteiger partial charge in [-0.3, -0.25) is 14.9 Å². The summed E-state index contributed by atoms with van der Waals surface area (Å²) in [5.74, 6) is -0.153. The second-order valence-electron chi connectivity index (χ2n) is 5.10. The van der Waals surface area contributed by atoms with Gasteiger partial charge in [-0.05, 0) is 18.9 Å². The highest BCUT2D eigenvalue weighted by molar-refractivity contribution is 7.89. The summed E-state index contributed by atoms with van der Waals surface area (Å²) in [6.07, 6.45) is 0.971. The summed E-state index contributed by atoms with van der Waals surface area (Å²) in [6.45, 7) is 1.86. The highest BCUT2D eigenvalue weighted by Gasteiger charge is 2.33. The number of sulfonamides is 1. The predicted octanol–water partition coefficient (Wildman–Crippen LogP) is 0.884. The summed E-state index contributed by atoms with van der Waals surface area (Å²) in [7, 11) is -3.91. The first-order valence-corrected chi connectivity index (χ1v) is 8.27. The fourth-order valence-corrected chi connectivity index (χ4v) is 4.12. The Kier molecular flexibility index (Phi) is 4.77. The van der Waals surface area contributed by atoms with E-state index in [0.29, 0.717) is 12.8 Å². The third-order valence-electron chi connectivity index (χ3n) is 3.54. The first kappa shape index (κ1) is 16.4. The Labute approximate surface area is 128 Å². The number of para-hydroxylation sites is 1. The zero-order valence-corrected chi connectivity index (χ0v) is 12.9. The molecule has 0 spiro atoms. The van der Waals surface area contributed by atoms with Crippen LogP contribution < -0.4 is 5.32 Å². The largest absolute Gasteiger partial charge is 0.354 e. The van der Waals surface area contributed by atoms with Crippen molar-refractivity contribution in [2.24, 2.45) is 0 Å². The maximum Gasteiger partial charge on any atom is 0.289 e. The van der Waals surface area contributed by atoms with Crippen LogP contribution in [0.25, 0.3) is 0 Å². The average molecular weight is 327 g/mol. The number of nitrogens with one attached hydrogen (secondary N) is 1.